The molecule has 0 unspecified atom stereocenters. The second-order valence-electron chi connectivity index (χ2n) is 3.37. The molecule has 0 aromatic heterocycles. The van der Waals surface area contributed by atoms with Gasteiger partial charge in [-0.05, 0) is 19.1 Å². The fourth-order valence-electron chi connectivity index (χ4n) is 1.08. The molecule has 0 radical (unpaired) electrons. The van der Waals surface area contributed by atoms with E-state index in [9.17, 15) is 18.0 Å². The van der Waals surface area contributed by atoms with Crippen LogP contribution < -0.4 is 4.72 Å². The van der Waals surface area contributed by atoms with Gasteiger partial charge < -0.3 is 5.11 Å². The summed E-state index contributed by atoms with van der Waals surface area (Å²) in [4.78, 5) is 20.8. The Bertz CT molecular complexity index is 520. The molecular formula is C10H11NO5S. The SMILES string of the molecule is C[C@@H](NS(=O)(=O)c1ccc(C=O)cc1)C(=O)O. The van der Waals surface area contributed by atoms with E-state index in [0.717, 1.165) is 0 Å². The van der Waals surface area contributed by atoms with Gasteiger partial charge in [-0.3, -0.25) is 9.59 Å². The number of rotatable bonds is 5. The third-order valence-electron chi connectivity index (χ3n) is 2.03. The van der Waals surface area contributed by atoms with Crippen molar-refractivity contribution in [1.29, 1.82) is 0 Å². The highest BCUT2D eigenvalue weighted by Gasteiger charge is 2.21. The average Bonchev–Trinajstić information content (AvgIpc) is 2.28. The topological polar surface area (TPSA) is 101 Å². The summed E-state index contributed by atoms with van der Waals surface area (Å²) in [7, 11) is -3.88. The summed E-state index contributed by atoms with van der Waals surface area (Å²) >= 11 is 0. The van der Waals surface area contributed by atoms with E-state index >= 15 is 0 Å². The van der Waals surface area contributed by atoms with E-state index in [1.807, 2.05) is 4.72 Å². The fraction of sp³-hybridized carbons (Fsp3) is 0.200. The number of carboxylic acid groups (broad SMARTS) is 1. The van der Waals surface area contributed by atoms with Crippen LogP contribution in [0.5, 0.6) is 0 Å². The van der Waals surface area contributed by atoms with Gasteiger partial charge in [-0.15, -0.1) is 0 Å². The van der Waals surface area contributed by atoms with Crippen LogP contribution in [0.25, 0.3) is 0 Å². The molecule has 0 aliphatic carbocycles. The zero-order valence-electron chi connectivity index (χ0n) is 8.95. The van der Waals surface area contributed by atoms with Crippen LogP contribution in [-0.4, -0.2) is 31.8 Å². The molecule has 0 saturated carbocycles. The van der Waals surface area contributed by atoms with Crippen LogP contribution in [0.3, 0.4) is 0 Å². The van der Waals surface area contributed by atoms with Crippen molar-refractivity contribution in [1.82, 2.24) is 4.72 Å². The highest BCUT2D eigenvalue weighted by Crippen LogP contribution is 2.10. The molecule has 0 bridgehead atoms. The number of benzene rings is 1. The monoisotopic (exact) mass is 257 g/mol. The third-order valence-corrected chi connectivity index (χ3v) is 3.59. The molecule has 0 spiro atoms. The van der Waals surface area contributed by atoms with Crippen LogP contribution in [-0.2, 0) is 14.8 Å². The number of nitrogens with one attached hydrogen (secondary N) is 1. The van der Waals surface area contributed by atoms with Crippen molar-refractivity contribution < 1.29 is 23.1 Å². The van der Waals surface area contributed by atoms with Crippen molar-refractivity contribution >= 4 is 22.3 Å². The molecule has 1 atom stereocenters. The molecule has 0 saturated heterocycles. The molecule has 17 heavy (non-hydrogen) atoms. The number of sulfonamides is 1. The number of carboxylic acids is 1. The van der Waals surface area contributed by atoms with Gasteiger partial charge in [0.05, 0.1) is 4.90 Å². The zero-order valence-corrected chi connectivity index (χ0v) is 9.77. The molecular weight excluding hydrogens is 246 g/mol. The van der Waals surface area contributed by atoms with E-state index in [2.05, 4.69) is 0 Å². The molecule has 2 N–H and O–H groups in total. The summed E-state index contributed by atoms with van der Waals surface area (Å²) in [5.74, 6) is -1.27. The molecule has 7 heteroatoms. The maximum absolute atomic E-state index is 11.7. The molecule has 1 aromatic rings. The summed E-state index contributed by atoms with van der Waals surface area (Å²) in [6.45, 7) is 1.22. The summed E-state index contributed by atoms with van der Waals surface area (Å²) in [6, 6.07) is 3.94. The van der Waals surface area contributed by atoms with E-state index in [1.165, 1.54) is 31.2 Å². The molecule has 0 aliphatic rings. The Morgan fingerprint density at radius 1 is 1.35 bits per heavy atom. The minimum Gasteiger partial charge on any atom is -0.480 e. The van der Waals surface area contributed by atoms with Crippen LogP contribution in [0.1, 0.15) is 17.3 Å². The number of hydrogen-bond donors (Lipinski definition) is 2. The van der Waals surface area contributed by atoms with Crippen LogP contribution >= 0.6 is 0 Å². The van der Waals surface area contributed by atoms with E-state index in [4.69, 9.17) is 5.11 Å². The number of aldehydes is 1. The summed E-state index contributed by atoms with van der Waals surface area (Å²) in [6.07, 6.45) is 0.587. The standard InChI is InChI=1S/C10H11NO5S/c1-7(10(13)14)11-17(15,16)9-4-2-8(6-12)3-5-9/h2-7,11H,1H3,(H,13,14)/t7-/m1/s1. The van der Waals surface area contributed by atoms with E-state index in [1.54, 1.807) is 0 Å². The first-order chi connectivity index (χ1) is 7.86. The Balaban J connectivity index is 2.97. The van der Waals surface area contributed by atoms with Gasteiger partial charge in [-0.1, -0.05) is 12.1 Å². The van der Waals surface area contributed by atoms with Gasteiger partial charge in [0.15, 0.2) is 0 Å². The van der Waals surface area contributed by atoms with Gasteiger partial charge in [-0.2, -0.15) is 4.72 Å². The van der Waals surface area contributed by atoms with Gasteiger partial charge in [0.2, 0.25) is 10.0 Å². The van der Waals surface area contributed by atoms with Crippen molar-refractivity contribution in [3.8, 4) is 0 Å². The van der Waals surface area contributed by atoms with E-state index in [-0.39, 0.29) is 4.90 Å². The van der Waals surface area contributed by atoms with Crippen molar-refractivity contribution in [3.05, 3.63) is 29.8 Å². The van der Waals surface area contributed by atoms with Crippen molar-refractivity contribution in [2.75, 3.05) is 0 Å². The van der Waals surface area contributed by atoms with Crippen molar-refractivity contribution in [3.63, 3.8) is 0 Å². The van der Waals surface area contributed by atoms with Crippen LogP contribution in [0.2, 0.25) is 0 Å². The maximum atomic E-state index is 11.7. The lowest BCUT2D eigenvalue weighted by Crippen LogP contribution is -2.38. The Kier molecular flexibility index (Phi) is 3.97. The summed E-state index contributed by atoms with van der Waals surface area (Å²) in [5.41, 5.74) is 0.343. The van der Waals surface area contributed by atoms with Crippen molar-refractivity contribution in [2.24, 2.45) is 0 Å². The molecule has 1 rings (SSSR count). The predicted molar refractivity (Wildman–Crippen MR) is 59.2 cm³/mol. The van der Waals surface area contributed by atoms with Gasteiger partial charge in [0, 0.05) is 5.56 Å². The number of aliphatic carboxylic acids is 1. The first-order valence-corrected chi connectivity index (χ1v) is 6.15. The molecule has 0 fully saturated rings. The van der Waals surface area contributed by atoms with Crippen LogP contribution in [0, 0.1) is 0 Å². The highest BCUT2D eigenvalue weighted by atomic mass is 32.2. The smallest absolute Gasteiger partial charge is 0.321 e. The molecule has 1 aromatic carbocycles. The first-order valence-electron chi connectivity index (χ1n) is 4.67. The van der Waals surface area contributed by atoms with Gasteiger partial charge in [0.25, 0.3) is 0 Å². The average molecular weight is 257 g/mol. The second-order valence-corrected chi connectivity index (χ2v) is 5.08. The minimum atomic E-state index is -3.88. The molecule has 0 heterocycles. The number of carbonyl (C=O) groups is 2. The lowest BCUT2D eigenvalue weighted by Gasteiger charge is -2.09. The second kappa shape index (κ2) is 5.07. The third kappa shape index (κ3) is 3.36. The lowest BCUT2D eigenvalue weighted by molar-refractivity contribution is -0.138. The Morgan fingerprint density at radius 2 is 1.88 bits per heavy atom. The number of carbonyl (C=O) groups excluding carboxylic acids is 1. The lowest BCUT2D eigenvalue weighted by atomic mass is 10.2. The largest absolute Gasteiger partial charge is 0.480 e. The van der Waals surface area contributed by atoms with Crippen LogP contribution in [0.4, 0.5) is 0 Å². The quantitative estimate of drug-likeness (QED) is 0.736. The normalized spacial score (nSPS) is 13.0. The summed E-state index contributed by atoms with van der Waals surface area (Å²) < 4.78 is 25.4. The Hall–Kier alpha value is -1.73. The Labute approximate surface area is 98.3 Å². The zero-order chi connectivity index (χ0) is 13.1. The van der Waals surface area contributed by atoms with E-state index < -0.39 is 22.0 Å². The fourth-order valence-corrected chi connectivity index (χ4v) is 2.27. The number of hydrogen-bond acceptors (Lipinski definition) is 4. The first kappa shape index (κ1) is 13.3. The molecule has 92 valence electrons. The molecule has 0 amide bonds. The Morgan fingerprint density at radius 3 is 2.29 bits per heavy atom. The van der Waals surface area contributed by atoms with E-state index in [0.29, 0.717) is 11.8 Å². The molecule has 6 nitrogen and oxygen atoms in total. The predicted octanol–water partition coefficient (Wildman–Crippen LogP) is 0.250. The maximum Gasteiger partial charge on any atom is 0.321 e. The van der Waals surface area contributed by atoms with Gasteiger partial charge in [0.1, 0.15) is 12.3 Å². The van der Waals surface area contributed by atoms with Gasteiger partial charge >= 0.3 is 5.97 Å². The summed E-state index contributed by atoms with van der Waals surface area (Å²) in [5, 5.41) is 8.60. The van der Waals surface area contributed by atoms with Crippen LogP contribution in [0.15, 0.2) is 29.2 Å². The molecule has 0 aliphatic heterocycles. The van der Waals surface area contributed by atoms with Crippen molar-refractivity contribution in [2.45, 2.75) is 17.9 Å². The minimum absolute atomic E-state index is 0.0869. The van der Waals surface area contributed by atoms with Gasteiger partial charge in [-0.25, -0.2) is 8.42 Å². The highest BCUT2D eigenvalue weighted by molar-refractivity contribution is 7.89.